The van der Waals surface area contributed by atoms with Gasteiger partial charge in [-0.15, -0.1) is 0 Å². The highest BCUT2D eigenvalue weighted by Crippen LogP contribution is 2.39. The van der Waals surface area contributed by atoms with E-state index in [1.54, 1.807) is 0 Å². The fourth-order valence-corrected chi connectivity index (χ4v) is 1.91. The number of hydrogen-bond donors (Lipinski definition) is 0. The molecule has 0 fully saturated rings. The molecule has 1 heteroatoms. The first-order valence-electron chi connectivity index (χ1n) is 4.97. The molecule has 1 aromatic rings. The van der Waals surface area contributed by atoms with E-state index in [0.717, 1.165) is 11.4 Å². The van der Waals surface area contributed by atoms with Crippen molar-refractivity contribution in [3.63, 3.8) is 0 Å². The van der Waals surface area contributed by atoms with E-state index in [-0.39, 0.29) is 5.41 Å². The summed E-state index contributed by atoms with van der Waals surface area (Å²) in [5, 5.41) is 0. The van der Waals surface area contributed by atoms with E-state index in [0.29, 0.717) is 0 Å². The van der Waals surface area contributed by atoms with E-state index >= 15 is 0 Å². The van der Waals surface area contributed by atoms with Crippen LogP contribution in [0.25, 0.3) is 0 Å². The molecular weight excluding hydrogens is 170 g/mol. The minimum atomic E-state index is 0.0586. The zero-order chi connectivity index (χ0) is 10.2. The van der Waals surface area contributed by atoms with Crippen molar-refractivity contribution >= 4 is 11.4 Å². The molecule has 0 aromatic heterocycles. The normalized spacial score (nSPS) is 18.4. The van der Waals surface area contributed by atoms with Gasteiger partial charge in [0.1, 0.15) is 0 Å². The van der Waals surface area contributed by atoms with Crippen LogP contribution in [0.15, 0.2) is 41.4 Å². The van der Waals surface area contributed by atoms with Gasteiger partial charge in [0.05, 0.1) is 11.4 Å². The number of hydrogen-bond acceptors (Lipinski definition) is 1. The summed E-state index contributed by atoms with van der Waals surface area (Å²) >= 11 is 0. The molecule has 1 aromatic carbocycles. The highest BCUT2D eigenvalue weighted by Gasteiger charge is 2.32. The van der Waals surface area contributed by atoms with Crippen molar-refractivity contribution in [1.29, 1.82) is 0 Å². The molecule has 0 atom stereocenters. The first-order chi connectivity index (χ1) is 6.66. The summed E-state index contributed by atoms with van der Waals surface area (Å²) in [5.41, 5.74) is 3.66. The maximum Gasteiger partial charge on any atom is 0.0674 e. The van der Waals surface area contributed by atoms with Gasteiger partial charge in [-0.2, -0.15) is 0 Å². The van der Waals surface area contributed by atoms with E-state index in [4.69, 9.17) is 0 Å². The third-order valence-electron chi connectivity index (χ3n) is 2.78. The fraction of sp³-hybridized carbons (Fsp3) is 0.308. The van der Waals surface area contributed by atoms with Crippen molar-refractivity contribution in [1.82, 2.24) is 0 Å². The van der Waals surface area contributed by atoms with Gasteiger partial charge in [0, 0.05) is 5.41 Å². The molecule has 2 rings (SSSR count). The van der Waals surface area contributed by atoms with E-state index in [1.165, 1.54) is 5.56 Å². The van der Waals surface area contributed by atoms with Gasteiger partial charge in [-0.25, -0.2) is 0 Å². The lowest BCUT2D eigenvalue weighted by Gasteiger charge is -2.19. The van der Waals surface area contributed by atoms with Gasteiger partial charge in [-0.1, -0.05) is 38.1 Å². The average molecular weight is 185 g/mol. The Kier molecular flexibility index (Phi) is 2.03. The number of para-hydroxylation sites is 1. The minimum Gasteiger partial charge on any atom is -0.252 e. The highest BCUT2D eigenvalue weighted by atomic mass is 14.8. The van der Waals surface area contributed by atoms with Crippen molar-refractivity contribution in [2.75, 3.05) is 0 Å². The lowest BCUT2D eigenvalue weighted by atomic mass is 9.81. The van der Waals surface area contributed by atoms with Crippen LogP contribution < -0.4 is 0 Å². The topological polar surface area (TPSA) is 12.4 Å². The van der Waals surface area contributed by atoms with Crippen LogP contribution in [0.2, 0.25) is 0 Å². The number of benzene rings is 1. The zero-order valence-corrected chi connectivity index (χ0v) is 8.91. The lowest BCUT2D eigenvalue weighted by molar-refractivity contribution is 0.740. The van der Waals surface area contributed by atoms with E-state index < -0.39 is 0 Å². The smallest absolute Gasteiger partial charge is 0.0674 e. The summed E-state index contributed by atoms with van der Waals surface area (Å²) in [6.45, 7) is 6.47. The van der Waals surface area contributed by atoms with Crippen molar-refractivity contribution < 1.29 is 0 Å². The summed E-state index contributed by atoms with van der Waals surface area (Å²) in [7, 11) is 0. The summed E-state index contributed by atoms with van der Waals surface area (Å²) < 4.78 is 0. The first-order valence-corrected chi connectivity index (χ1v) is 4.97. The molecular formula is C13H15N. The van der Waals surface area contributed by atoms with Gasteiger partial charge in [0.2, 0.25) is 0 Å². The maximum atomic E-state index is 4.62. The van der Waals surface area contributed by atoms with Crippen LogP contribution in [0.5, 0.6) is 0 Å². The molecule has 1 heterocycles. The van der Waals surface area contributed by atoms with E-state index in [1.807, 2.05) is 19.1 Å². The van der Waals surface area contributed by atoms with Gasteiger partial charge in [-0.3, -0.25) is 4.99 Å². The van der Waals surface area contributed by atoms with Gasteiger partial charge >= 0.3 is 0 Å². The van der Waals surface area contributed by atoms with Crippen LogP contribution in [0, 0.1) is 0 Å². The molecule has 0 unspecified atom stereocenters. The van der Waals surface area contributed by atoms with Crippen LogP contribution in [-0.2, 0) is 5.41 Å². The summed E-state index contributed by atoms with van der Waals surface area (Å²) in [4.78, 5) is 4.62. The molecule has 0 N–H and O–H groups in total. The van der Waals surface area contributed by atoms with E-state index in [9.17, 15) is 0 Å². The third-order valence-corrected chi connectivity index (χ3v) is 2.78. The molecule has 14 heavy (non-hydrogen) atoms. The van der Waals surface area contributed by atoms with Crippen LogP contribution in [0.3, 0.4) is 0 Å². The first kappa shape index (κ1) is 9.20. The summed E-state index contributed by atoms with van der Waals surface area (Å²) in [6.07, 6.45) is 4.15. The Labute approximate surface area is 85.2 Å². The second-order valence-corrected chi connectivity index (χ2v) is 4.14. The number of aliphatic imine (C=N–C) groups is 1. The van der Waals surface area contributed by atoms with Crippen molar-refractivity contribution in [3.8, 4) is 0 Å². The molecule has 1 aliphatic heterocycles. The van der Waals surface area contributed by atoms with Gasteiger partial charge in [0.15, 0.2) is 0 Å². The number of allylic oxidation sites excluding steroid dienone is 2. The van der Waals surface area contributed by atoms with Crippen molar-refractivity contribution in [3.05, 3.63) is 42.0 Å². The zero-order valence-electron chi connectivity index (χ0n) is 8.91. The fourth-order valence-electron chi connectivity index (χ4n) is 1.91. The van der Waals surface area contributed by atoms with Crippen LogP contribution in [0.1, 0.15) is 26.3 Å². The van der Waals surface area contributed by atoms with Crippen LogP contribution >= 0.6 is 0 Å². The Morgan fingerprint density at radius 3 is 2.57 bits per heavy atom. The van der Waals surface area contributed by atoms with Gasteiger partial charge in [-0.05, 0) is 24.6 Å². The molecule has 0 amide bonds. The van der Waals surface area contributed by atoms with Crippen LogP contribution in [0.4, 0.5) is 5.69 Å². The molecule has 0 bridgehead atoms. The van der Waals surface area contributed by atoms with Crippen molar-refractivity contribution in [2.24, 2.45) is 4.99 Å². The monoisotopic (exact) mass is 185 g/mol. The summed E-state index contributed by atoms with van der Waals surface area (Å²) in [5.74, 6) is 0. The predicted octanol–water partition coefficient (Wildman–Crippen LogP) is 3.63. The van der Waals surface area contributed by atoms with Gasteiger partial charge < -0.3 is 0 Å². The second kappa shape index (κ2) is 3.09. The summed E-state index contributed by atoms with van der Waals surface area (Å²) in [6, 6.07) is 8.36. The molecule has 0 aliphatic carbocycles. The largest absolute Gasteiger partial charge is 0.252 e. The van der Waals surface area contributed by atoms with E-state index in [2.05, 4.69) is 43.1 Å². The Morgan fingerprint density at radius 2 is 1.93 bits per heavy atom. The quantitative estimate of drug-likeness (QED) is 0.633. The molecule has 0 saturated heterocycles. The standard InChI is InChI=1S/C13H15N/c1-4-7-12-13(2,3)10-8-5-6-9-11(10)14-12/h4-9H,1-3H3/b7-4+. The second-order valence-electron chi connectivity index (χ2n) is 4.14. The molecule has 0 radical (unpaired) electrons. The number of nitrogens with zero attached hydrogens (tertiary/aromatic N) is 1. The third kappa shape index (κ3) is 1.20. The van der Waals surface area contributed by atoms with Crippen molar-refractivity contribution in [2.45, 2.75) is 26.2 Å². The molecule has 72 valence electrons. The minimum absolute atomic E-state index is 0.0586. The Bertz CT molecular complexity index is 411. The van der Waals surface area contributed by atoms with Crippen LogP contribution in [-0.4, -0.2) is 5.71 Å². The number of rotatable bonds is 1. The Balaban J connectivity index is 2.56. The molecule has 1 nitrogen and oxygen atoms in total. The molecule has 0 saturated carbocycles. The Hall–Kier alpha value is -1.37. The Morgan fingerprint density at radius 1 is 1.21 bits per heavy atom. The number of fused-ring (bicyclic) bond motifs is 1. The maximum absolute atomic E-state index is 4.62. The molecule has 1 aliphatic rings. The lowest BCUT2D eigenvalue weighted by Crippen LogP contribution is -2.23. The predicted molar refractivity (Wildman–Crippen MR) is 61.4 cm³/mol. The van der Waals surface area contributed by atoms with Gasteiger partial charge in [0.25, 0.3) is 0 Å². The highest BCUT2D eigenvalue weighted by molar-refractivity contribution is 6.08. The average Bonchev–Trinajstić information content (AvgIpc) is 2.41. The SMILES string of the molecule is C/C=C/C1=Nc2ccccc2C1(C)C. The molecule has 0 spiro atoms.